The number of hydrazone groups is 1. The van der Waals surface area contributed by atoms with E-state index >= 15 is 0 Å². The second kappa shape index (κ2) is 8.93. The molecule has 1 amide bonds. The number of alkyl halides is 3. The van der Waals surface area contributed by atoms with Gasteiger partial charge >= 0.3 is 6.18 Å². The van der Waals surface area contributed by atoms with E-state index < -0.39 is 17.6 Å². The number of benzene rings is 2. The fourth-order valence-corrected chi connectivity index (χ4v) is 3.70. The van der Waals surface area contributed by atoms with Crippen LogP contribution in [0.2, 0.25) is 0 Å². The molecule has 0 spiro atoms. The van der Waals surface area contributed by atoms with Crippen molar-refractivity contribution >= 4 is 29.6 Å². The summed E-state index contributed by atoms with van der Waals surface area (Å²) in [5.41, 5.74) is -0.0940. The maximum absolute atomic E-state index is 13.2. The minimum Gasteiger partial charge on any atom is -0.306 e. The topological polar surface area (TPSA) is 63.4 Å². The minimum absolute atomic E-state index is 0.0382. The Morgan fingerprint density at radius 2 is 1.97 bits per heavy atom. The monoisotopic (exact) mass is 445 g/mol. The Kier molecular flexibility index (Phi) is 6.08. The van der Waals surface area contributed by atoms with Crippen molar-refractivity contribution in [2.24, 2.45) is 5.10 Å². The van der Waals surface area contributed by atoms with Gasteiger partial charge in [0.25, 0.3) is 5.91 Å². The lowest BCUT2D eigenvalue weighted by atomic mass is 10.2. The number of rotatable bonds is 7. The van der Waals surface area contributed by atoms with Crippen LogP contribution in [0.3, 0.4) is 0 Å². The van der Waals surface area contributed by atoms with Crippen molar-refractivity contribution in [1.29, 1.82) is 0 Å². The van der Waals surface area contributed by atoms with Crippen LogP contribution >= 0.6 is 11.8 Å². The fraction of sp³-hybridized carbons (Fsp3) is 0.238. The molecule has 0 radical (unpaired) electrons. The highest BCUT2D eigenvalue weighted by Crippen LogP contribution is 2.37. The lowest BCUT2D eigenvalue weighted by Crippen LogP contribution is -2.28. The molecule has 2 aromatic carbocycles. The van der Waals surface area contributed by atoms with Gasteiger partial charge in [-0.25, -0.2) is 5.01 Å². The first-order chi connectivity index (χ1) is 14.9. The summed E-state index contributed by atoms with van der Waals surface area (Å²) in [6, 6.07) is 13.9. The Labute approximate surface area is 180 Å². The molecule has 31 heavy (non-hydrogen) atoms. The van der Waals surface area contributed by atoms with E-state index in [0.29, 0.717) is 16.8 Å². The van der Waals surface area contributed by atoms with E-state index in [0.717, 1.165) is 30.0 Å². The number of aromatic nitrogens is 3. The first-order valence-electron chi connectivity index (χ1n) is 9.53. The van der Waals surface area contributed by atoms with Crippen molar-refractivity contribution in [2.75, 3.05) is 10.8 Å². The van der Waals surface area contributed by atoms with Crippen LogP contribution in [0.25, 0.3) is 0 Å². The first kappa shape index (κ1) is 21.1. The van der Waals surface area contributed by atoms with Crippen LogP contribution in [0.5, 0.6) is 0 Å². The van der Waals surface area contributed by atoms with E-state index in [-0.39, 0.29) is 11.4 Å². The molecular formula is C21H18F3N5OS. The molecule has 1 aliphatic rings. The normalized spacial score (nSPS) is 14.2. The number of carbonyl (C=O) groups is 1. The molecule has 1 aromatic heterocycles. The van der Waals surface area contributed by atoms with Crippen molar-refractivity contribution in [3.05, 3.63) is 72.1 Å². The number of carbonyl (C=O) groups excluding carboxylic acids is 1. The molecule has 1 aliphatic carbocycles. The van der Waals surface area contributed by atoms with Gasteiger partial charge in [0, 0.05) is 6.04 Å². The Hall–Kier alpha value is -3.14. The molecule has 1 saturated carbocycles. The summed E-state index contributed by atoms with van der Waals surface area (Å²) in [4.78, 5) is 13.0. The Bertz CT molecular complexity index is 1080. The average molecular weight is 445 g/mol. The SMILES string of the molecule is O=C(CSc1nncn1C1CC1)N(/N=C/c1ccccc1)c1cccc(C(F)(F)F)c1. The summed E-state index contributed by atoms with van der Waals surface area (Å²) >= 11 is 1.19. The van der Waals surface area contributed by atoms with Gasteiger partial charge in [-0.3, -0.25) is 4.79 Å². The number of nitrogens with zero attached hydrogens (tertiary/aromatic N) is 5. The summed E-state index contributed by atoms with van der Waals surface area (Å²) in [6.45, 7) is 0. The highest BCUT2D eigenvalue weighted by Gasteiger charge is 2.31. The number of halogens is 3. The third-order valence-electron chi connectivity index (χ3n) is 4.58. The Morgan fingerprint density at radius 3 is 2.68 bits per heavy atom. The van der Waals surface area contributed by atoms with Crippen LogP contribution in [0, 0.1) is 0 Å². The smallest absolute Gasteiger partial charge is 0.306 e. The molecule has 10 heteroatoms. The molecule has 1 fully saturated rings. The van der Waals surface area contributed by atoms with E-state index in [9.17, 15) is 18.0 Å². The second-order valence-electron chi connectivity index (χ2n) is 6.95. The predicted octanol–water partition coefficient (Wildman–Crippen LogP) is 4.79. The third kappa shape index (κ3) is 5.32. The maximum Gasteiger partial charge on any atom is 0.416 e. The predicted molar refractivity (Wildman–Crippen MR) is 112 cm³/mol. The Morgan fingerprint density at radius 1 is 1.19 bits per heavy atom. The van der Waals surface area contributed by atoms with E-state index in [1.807, 2.05) is 10.6 Å². The molecule has 6 nitrogen and oxygen atoms in total. The third-order valence-corrected chi connectivity index (χ3v) is 5.52. The fourth-order valence-electron chi connectivity index (χ4n) is 2.88. The molecule has 160 valence electrons. The summed E-state index contributed by atoms with van der Waals surface area (Å²) < 4.78 is 41.5. The summed E-state index contributed by atoms with van der Waals surface area (Å²) in [6.07, 6.45) is 0.621. The van der Waals surface area contributed by atoms with Gasteiger partial charge in [0.2, 0.25) is 0 Å². The number of amides is 1. The summed E-state index contributed by atoms with van der Waals surface area (Å²) in [7, 11) is 0. The van der Waals surface area contributed by atoms with Crippen molar-refractivity contribution in [3.63, 3.8) is 0 Å². The number of anilines is 1. The molecule has 0 saturated heterocycles. The summed E-state index contributed by atoms with van der Waals surface area (Å²) in [5, 5.41) is 13.7. The lowest BCUT2D eigenvalue weighted by molar-refractivity contribution is -0.137. The van der Waals surface area contributed by atoms with Crippen molar-refractivity contribution < 1.29 is 18.0 Å². The molecule has 0 N–H and O–H groups in total. The van der Waals surface area contributed by atoms with Gasteiger partial charge in [-0.05, 0) is 36.6 Å². The van der Waals surface area contributed by atoms with Crippen molar-refractivity contribution in [1.82, 2.24) is 14.8 Å². The lowest BCUT2D eigenvalue weighted by Gasteiger charge is -2.18. The molecule has 1 heterocycles. The molecular weight excluding hydrogens is 427 g/mol. The van der Waals surface area contributed by atoms with E-state index in [2.05, 4.69) is 15.3 Å². The Balaban J connectivity index is 1.57. The average Bonchev–Trinajstić information content (AvgIpc) is 3.50. The van der Waals surface area contributed by atoms with E-state index in [1.165, 1.54) is 30.1 Å². The van der Waals surface area contributed by atoms with E-state index in [1.54, 1.807) is 30.6 Å². The second-order valence-corrected chi connectivity index (χ2v) is 7.89. The quantitative estimate of drug-likeness (QED) is 0.298. The zero-order valence-electron chi connectivity index (χ0n) is 16.2. The first-order valence-corrected chi connectivity index (χ1v) is 10.5. The zero-order valence-corrected chi connectivity index (χ0v) is 17.1. The van der Waals surface area contributed by atoms with Gasteiger partial charge < -0.3 is 4.57 Å². The van der Waals surface area contributed by atoms with Crippen LogP contribution in [0.15, 0.2) is 71.2 Å². The molecule has 4 rings (SSSR count). The standard InChI is InChI=1S/C21H18F3N5OS/c22-21(23,24)16-7-4-8-18(11-16)29(26-12-15-5-2-1-3-6-15)19(30)13-31-20-27-25-14-28(20)17-9-10-17/h1-8,11-12,14,17H,9-10,13H2/b26-12+. The minimum atomic E-state index is -4.52. The van der Waals surface area contributed by atoms with Gasteiger partial charge in [-0.2, -0.15) is 18.3 Å². The van der Waals surface area contributed by atoms with Gasteiger partial charge in [-0.15, -0.1) is 10.2 Å². The molecule has 0 atom stereocenters. The van der Waals surface area contributed by atoms with Crippen LogP contribution in [-0.2, 0) is 11.0 Å². The summed E-state index contributed by atoms with van der Waals surface area (Å²) in [5.74, 6) is -0.518. The van der Waals surface area contributed by atoms with Gasteiger partial charge in [0.1, 0.15) is 6.33 Å². The highest BCUT2D eigenvalue weighted by atomic mass is 32.2. The van der Waals surface area contributed by atoms with Gasteiger partial charge in [0.15, 0.2) is 5.16 Å². The van der Waals surface area contributed by atoms with E-state index in [4.69, 9.17) is 0 Å². The van der Waals surface area contributed by atoms with Crippen molar-refractivity contribution in [3.8, 4) is 0 Å². The number of thioether (sulfide) groups is 1. The van der Waals surface area contributed by atoms with Crippen LogP contribution in [0.4, 0.5) is 18.9 Å². The zero-order chi connectivity index (χ0) is 21.8. The molecule has 0 bridgehead atoms. The van der Waals surface area contributed by atoms with Crippen LogP contribution in [-0.4, -0.2) is 32.6 Å². The number of hydrogen-bond acceptors (Lipinski definition) is 5. The van der Waals surface area contributed by atoms with Crippen LogP contribution < -0.4 is 5.01 Å². The largest absolute Gasteiger partial charge is 0.416 e. The molecule has 3 aromatic rings. The van der Waals surface area contributed by atoms with Crippen molar-refractivity contribution in [2.45, 2.75) is 30.2 Å². The molecule has 0 aliphatic heterocycles. The van der Waals surface area contributed by atoms with Gasteiger partial charge in [0.05, 0.1) is 23.2 Å². The van der Waals surface area contributed by atoms with Crippen LogP contribution in [0.1, 0.15) is 30.0 Å². The number of hydrogen-bond donors (Lipinski definition) is 0. The molecule has 0 unspecified atom stereocenters. The maximum atomic E-state index is 13.2. The highest BCUT2D eigenvalue weighted by molar-refractivity contribution is 7.99. The van der Waals surface area contributed by atoms with Gasteiger partial charge in [-0.1, -0.05) is 48.2 Å².